The number of halogens is 1. The van der Waals surface area contributed by atoms with E-state index in [-0.39, 0.29) is 5.91 Å². The molecule has 1 amide bonds. The number of rotatable bonds is 2. The summed E-state index contributed by atoms with van der Waals surface area (Å²) < 4.78 is 5.28. The van der Waals surface area contributed by atoms with Crippen LogP contribution in [0.5, 0.6) is 0 Å². The standard InChI is InChI=1S/C17H16ClNO2/c18-16-7-6-14(13-4-2-1-3-5-13)12-15(16)17(20)19-8-10-21-11-9-19/h1-7,12H,8-11H2. The summed E-state index contributed by atoms with van der Waals surface area (Å²) in [5, 5.41) is 0.492. The number of ether oxygens (including phenoxy) is 1. The van der Waals surface area contributed by atoms with Gasteiger partial charge in [-0.15, -0.1) is 0 Å². The van der Waals surface area contributed by atoms with E-state index in [4.69, 9.17) is 16.3 Å². The molecule has 2 aromatic carbocycles. The van der Waals surface area contributed by atoms with E-state index in [0.29, 0.717) is 36.9 Å². The first-order chi connectivity index (χ1) is 10.3. The van der Waals surface area contributed by atoms with Gasteiger partial charge in [0.1, 0.15) is 0 Å². The summed E-state index contributed by atoms with van der Waals surface area (Å²) in [6, 6.07) is 15.6. The molecule has 0 aliphatic carbocycles. The van der Waals surface area contributed by atoms with Crippen LogP contribution in [-0.4, -0.2) is 37.1 Å². The maximum Gasteiger partial charge on any atom is 0.255 e. The van der Waals surface area contributed by atoms with E-state index in [1.807, 2.05) is 42.5 Å². The smallest absolute Gasteiger partial charge is 0.255 e. The maximum absolute atomic E-state index is 12.6. The van der Waals surface area contributed by atoms with Gasteiger partial charge < -0.3 is 9.64 Å². The molecule has 21 heavy (non-hydrogen) atoms. The third-order valence-electron chi connectivity index (χ3n) is 3.60. The van der Waals surface area contributed by atoms with Crippen LogP contribution >= 0.6 is 11.6 Å². The summed E-state index contributed by atoms with van der Waals surface area (Å²) in [4.78, 5) is 14.4. The first-order valence-electron chi connectivity index (χ1n) is 6.98. The third kappa shape index (κ3) is 3.09. The summed E-state index contributed by atoms with van der Waals surface area (Å²) in [6.45, 7) is 2.40. The van der Waals surface area contributed by atoms with Crippen LogP contribution in [0.3, 0.4) is 0 Å². The number of hydrogen-bond donors (Lipinski definition) is 0. The Balaban J connectivity index is 1.93. The van der Waals surface area contributed by atoms with Crippen LogP contribution in [-0.2, 0) is 4.74 Å². The van der Waals surface area contributed by atoms with Crippen LogP contribution < -0.4 is 0 Å². The van der Waals surface area contributed by atoms with Gasteiger partial charge in [0.15, 0.2) is 0 Å². The van der Waals surface area contributed by atoms with Crippen molar-refractivity contribution >= 4 is 17.5 Å². The van der Waals surface area contributed by atoms with Crippen LogP contribution in [0.1, 0.15) is 10.4 Å². The third-order valence-corrected chi connectivity index (χ3v) is 3.93. The highest BCUT2D eigenvalue weighted by Gasteiger charge is 2.21. The lowest BCUT2D eigenvalue weighted by atomic mass is 10.0. The lowest BCUT2D eigenvalue weighted by Gasteiger charge is -2.27. The van der Waals surface area contributed by atoms with Crippen molar-refractivity contribution in [1.29, 1.82) is 0 Å². The van der Waals surface area contributed by atoms with Crippen molar-refractivity contribution < 1.29 is 9.53 Å². The van der Waals surface area contributed by atoms with Gasteiger partial charge in [0.05, 0.1) is 23.8 Å². The molecule has 0 aromatic heterocycles. The van der Waals surface area contributed by atoms with Gasteiger partial charge in [-0.1, -0.05) is 48.0 Å². The molecule has 0 bridgehead atoms. The van der Waals surface area contributed by atoms with Crippen molar-refractivity contribution in [2.75, 3.05) is 26.3 Å². The van der Waals surface area contributed by atoms with Crippen LogP contribution in [0, 0.1) is 0 Å². The second-order valence-corrected chi connectivity index (χ2v) is 5.37. The van der Waals surface area contributed by atoms with Gasteiger partial charge in [-0.3, -0.25) is 4.79 Å². The van der Waals surface area contributed by atoms with E-state index in [9.17, 15) is 4.79 Å². The van der Waals surface area contributed by atoms with Crippen molar-refractivity contribution in [2.45, 2.75) is 0 Å². The Bertz CT molecular complexity index is 636. The fraction of sp³-hybridized carbons (Fsp3) is 0.235. The zero-order chi connectivity index (χ0) is 14.7. The number of nitrogens with zero attached hydrogens (tertiary/aromatic N) is 1. The Morgan fingerprint density at radius 3 is 2.43 bits per heavy atom. The molecule has 1 saturated heterocycles. The summed E-state index contributed by atoms with van der Waals surface area (Å²) in [5.41, 5.74) is 2.63. The van der Waals surface area contributed by atoms with E-state index in [2.05, 4.69) is 0 Å². The summed E-state index contributed by atoms with van der Waals surface area (Å²) in [7, 11) is 0. The molecule has 3 rings (SSSR count). The average Bonchev–Trinajstić information content (AvgIpc) is 2.56. The first-order valence-corrected chi connectivity index (χ1v) is 7.35. The number of hydrogen-bond acceptors (Lipinski definition) is 2. The maximum atomic E-state index is 12.6. The lowest BCUT2D eigenvalue weighted by molar-refractivity contribution is 0.0303. The van der Waals surface area contributed by atoms with Gasteiger partial charge in [-0.25, -0.2) is 0 Å². The number of benzene rings is 2. The molecule has 2 aromatic rings. The lowest BCUT2D eigenvalue weighted by Crippen LogP contribution is -2.40. The predicted octanol–water partition coefficient (Wildman–Crippen LogP) is 3.48. The van der Waals surface area contributed by atoms with Crippen molar-refractivity contribution in [2.24, 2.45) is 0 Å². The molecule has 0 N–H and O–H groups in total. The molecule has 0 saturated carbocycles. The molecule has 4 heteroatoms. The second-order valence-electron chi connectivity index (χ2n) is 4.97. The van der Waals surface area contributed by atoms with Gasteiger partial charge in [-0.2, -0.15) is 0 Å². The summed E-state index contributed by atoms with van der Waals surface area (Å²) >= 11 is 6.22. The van der Waals surface area contributed by atoms with E-state index >= 15 is 0 Å². The molecule has 108 valence electrons. The predicted molar refractivity (Wildman–Crippen MR) is 83.6 cm³/mol. The number of carbonyl (C=O) groups is 1. The van der Waals surface area contributed by atoms with E-state index in [1.54, 1.807) is 11.0 Å². The highest BCUT2D eigenvalue weighted by Crippen LogP contribution is 2.26. The fourth-order valence-electron chi connectivity index (χ4n) is 2.44. The Morgan fingerprint density at radius 2 is 1.71 bits per heavy atom. The number of carbonyl (C=O) groups excluding carboxylic acids is 1. The average molecular weight is 302 g/mol. The molecular weight excluding hydrogens is 286 g/mol. The van der Waals surface area contributed by atoms with Gasteiger partial charge >= 0.3 is 0 Å². The Labute approximate surface area is 129 Å². The fourth-order valence-corrected chi connectivity index (χ4v) is 2.63. The summed E-state index contributed by atoms with van der Waals surface area (Å²) in [6.07, 6.45) is 0. The minimum Gasteiger partial charge on any atom is -0.378 e. The van der Waals surface area contributed by atoms with E-state index < -0.39 is 0 Å². The largest absolute Gasteiger partial charge is 0.378 e. The van der Waals surface area contributed by atoms with Crippen molar-refractivity contribution in [3.05, 3.63) is 59.1 Å². The second kappa shape index (κ2) is 6.29. The molecule has 3 nitrogen and oxygen atoms in total. The molecule has 0 atom stereocenters. The zero-order valence-electron chi connectivity index (χ0n) is 11.6. The van der Waals surface area contributed by atoms with Crippen LogP contribution in [0.2, 0.25) is 5.02 Å². The molecule has 1 heterocycles. The minimum absolute atomic E-state index is 0.0268. The molecule has 1 aliphatic heterocycles. The molecule has 0 radical (unpaired) electrons. The molecule has 1 aliphatic rings. The highest BCUT2D eigenvalue weighted by atomic mass is 35.5. The minimum atomic E-state index is -0.0268. The topological polar surface area (TPSA) is 29.5 Å². The van der Waals surface area contributed by atoms with E-state index in [1.165, 1.54) is 0 Å². The number of morpholine rings is 1. The molecular formula is C17H16ClNO2. The van der Waals surface area contributed by atoms with Crippen LogP contribution in [0.4, 0.5) is 0 Å². The Kier molecular flexibility index (Phi) is 4.23. The van der Waals surface area contributed by atoms with Crippen LogP contribution in [0.25, 0.3) is 11.1 Å². The first kappa shape index (κ1) is 14.1. The normalized spacial score (nSPS) is 15.0. The van der Waals surface area contributed by atoms with Gasteiger partial charge in [0.2, 0.25) is 0 Å². The van der Waals surface area contributed by atoms with Gasteiger partial charge in [0.25, 0.3) is 5.91 Å². The van der Waals surface area contributed by atoms with Crippen molar-refractivity contribution in [3.63, 3.8) is 0 Å². The molecule has 1 fully saturated rings. The highest BCUT2D eigenvalue weighted by molar-refractivity contribution is 6.34. The van der Waals surface area contributed by atoms with Gasteiger partial charge in [0, 0.05) is 13.1 Å². The number of amides is 1. The van der Waals surface area contributed by atoms with Crippen molar-refractivity contribution in [1.82, 2.24) is 4.90 Å². The zero-order valence-corrected chi connectivity index (χ0v) is 12.3. The Morgan fingerprint density at radius 1 is 1.00 bits per heavy atom. The SMILES string of the molecule is O=C(c1cc(-c2ccccc2)ccc1Cl)N1CCOCC1. The van der Waals surface area contributed by atoms with Crippen molar-refractivity contribution in [3.8, 4) is 11.1 Å². The van der Waals surface area contributed by atoms with E-state index in [0.717, 1.165) is 11.1 Å². The van der Waals surface area contributed by atoms with Gasteiger partial charge in [-0.05, 0) is 23.3 Å². The summed E-state index contributed by atoms with van der Waals surface area (Å²) in [5.74, 6) is -0.0268. The van der Waals surface area contributed by atoms with Crippen LogP contribution in [0.15, 0.2) is 48.5 Å². The molecule has 0 spiro atoms. The quantitative estimate of drug-likeness (QED) is 0.850. The monoisotopic (exact) mass is 301 g/mol. The Hall–Kier alpha value is -1.84. The molecule has 0 unspecified atom stereocenters.